The van der Waals surface area contributed by atoms with Gasteiger partial charge in [-0.15, -0.1) is 0 Å². The Morgan fingerprint density at radius 1 is 0.788 bits per heavy atom. The highest BCUT2D eigenvalue weighted by molar-refractivity contribution is 6.31. The van der Waals surface area contributed by atoms with Gasteiger partial charge in [0.25, 0.3) is 5.91 Å². The maximum atomic E-state index is 13.8. The van der Waals surface area contributed by atoms with Gasteiger partial charge in [0.1, 0.15) is 37.3 Å². The van der Waals surface area contributed by atoms with Crippen LogP contribution in [0.3, 0.4) is 0 Å². The zero-order valence-corrected chi connectivity index (χ0v) is 38.1. The van der Waals surface area contributed by atoms with E-state index in [4.69, 9.17) is 21.1 Å². The number of carbonyl (C=O) groups is 4. The smallest absolute Gasteiger partial charge is 0.256 e. The number of fused-ring (bicyclic) bond motifs is 1. The third-order valence-electron chi connectivity index (χ3n) is 12.5. The summed E-state index contributed by atoms with van der Waals surface area (Å²) in [6.45, 7) is 6.99. The van der Waals surface area contributed by atoms with Crippen LogP contribution in [0.4, 0.5) is 5.69 Å². The molecule has 2 fully saturated rings. The zero-order chi connectivity index (χ0) is 46.3. The number of nitrogens with zero attached hydrogens (tertiary/aromatic N) is 4. The fraction of sp³-hybridized carbons (Fsp3) is 0.333. The van der Waals surface area contributed by atoms with Crippen molar-refractivity contribution in [2.24, 2.45) is 0 Å². The Kier molecular flexibility index (Phi) is 14.3. The molecule has 1 aromatic heterocycles. The van der Waals surface area contributed by atoms with Gasteiger partial charge in [-0.3, -0.25) is 24.2 Å². The van der Waals surface area contributed by atoms with Crippen molar-refractivity contribution in [2.45, 2.75) is 71.4 Å². The third kappa shape index (κ3) is 10.5. The van der Waals surface area contributed by atoms with Crippen molar-refractivity contribution in [3.05, 3.63) is 129 Å². The monoisotopic (exact) mass is 908 g/mol. The van der Waals surface area contributed by atoms with E-state index in [1.807, 2.05) is 61.5 Å². The quantitative estimate of drug-likeness (QED) is 0.0767. The molecule has 3 aliphatic heterocycles. The van der Waals surface area contributed by atoms with E-state index >= 15 is 0 Å². The van der Waals surface area contributed by atoms with Gasteiger partial charge < -0.3 is 40.5 Å². The molecule has 4 heterocycles. The van der Waals surface area contributed by atoms with Crippen LogP contribution in [-0.4, -0.2) is 85.4 Å². The van der Waals surface area contributed by atoms with Crippen LogP contribution >= 0.6 is 11.6 Å². The first kappa shape index (κ1) is 45.8. The molecular formula is C51H53ClN8O6. The molecule has 8 rings (SSSR count). The number of carbonyl (C=O) groups excluding carboxylic acids is 4. The molecule has 0 spiro atoms. The van der Waals surface area contributed by atoms with Crippen LogP contribution in [0.15, 0.2) is 85.2 Å². The Labute approximate surface area is 389 Å². The van der Waals surface area contributed by atoms with E-state index in [-0.39, 0.29) is 55.5 Å². The first-order chi connectivity index (χ1) is 31.9. The molecule has 3 aliphatic rings. The number of halogens is 1. The lowest BCUT2D eigenvalue weighted by atomic mass is 9.90. The molecule has 15 heteroatoms. The maximum absolute atomic E-state index is 13.8. The molecule has 0 bridgehead atoms. The lowest BCUT2D eigenvalue weighted by molar-refractivity contribution is -0.120. The van der Waals surface area contributed by atoms with Crippen LogP contribution in [0.1, 0.15) is 69.4 Å². The minimum absolute atomic E-state index is 0.0297. The van der Waals surface area contributed by atoms with Crippen LogP contribution in [0.2, 0.25) is 5.02 Å². The van der Waals surface area contributed by atoms with Gasteiger partial charge in [0.15, 0.2) is 0 Å². The molecule has 5 aromatic rings. The number of aromatic nitrogens is 1. The molecule has 340 valence electrons. The van der Waals surface area contributed by atoms with Gasteiger partial charge in [0, 0.05) is 98.8 Å². The molecule has 4 N–H and O–H groups in total. The Balaban J connectivity index is 1.00. The summed E-state index contributed by atoms with van der Waals surface area (Å²) < 4.78 is 12.9. The normalized spacial score (nSPS) is 17.0. The van der Waals surface area contributed by atoms with Crippen molar-refractivity contribution in [2.75, 3.05) is 44.7 Å². The summed E-state index contributed by atoms with van der Waals surface area (Å²) in [5.74, 6) is 1.04. The first-order valence-corrected chi connectivity index (χ1v) is 22.6. The first-order valence-electron chi connectivity index (χ1n) is 22.3. The molecule has 2 atom stereocenters. The van der Waals surface area contributed by atoms with Crippen LogP contribution in [-0.2, 0) is 34.1 Å². The highest BCUT2D eigenvalue weighted by Gasteiger charge is 2.31. The Morgan fingerprint density at radius 2 is 1.48 bits per heavy atom. The summed E-state index contributed by atoms with van der Waals surface area (Å²) in [7, 11) is 1.65. The number of likely N-dealkylation sites (N-methyl/N-ethyl adjacent to an activating group) is 1. The number of nitriles is 1. The number of hydrogen-bond donors (Lipinski definition) is 4. The summed E-state index contributed by atoms with van der Waals surface area (Å²) >= 11 is 6.93. The summed E-state index contributed by atoms with van der Waals surface area (Å²) in [4.78, 5) is 57.9. The number of pyridine rings is 1. The van der Waals surface area contributed by atoms with Gasteiger partial charge in [-0.25, -0.2) is 0 Å². The molecule has 4 amide bonds. The minimum atomic E-state index is -0.220. The highest BCUT2D eigenvalue weighted by Crippen LogP contribution is 2.39. The van der Waals surface area contributed by atoms with E-state index in [2.05, 4.69) is 51.4 Å². The third-order valence-corrected chi connectivity index (χ3v) is 12.8. The topological polar surface area (TPSA) is 178 Å². The van der Waals surface area contributed by atoms with E-state index in [9.17, 15) is 24.4 Å². The van der Waals surface area contributed by atoms with Gasteiger partial charge in [0.05, 0.1) is 16.8 Å². The standard InChI is InChI=1S/C51H53ClN8O6/c1-31-40(35-10-13-45-43(19-35)51(64)59(3)28-50(63)60(45)17-16-54-26-38-11-14-48(61)57-38)6-4-7-41(31)42-8-5-9-46(32(42)2)66-30-37-21-47(65-29-34-18-33(22-53)23-55-24-34)36(20-44(37)52)25-56-27-39-12-15-49(62)58-39/h4-10,13,18-21,23-24,38-39,54,56H,11-12,14-17,25-30H2,1-3H3,(H,57,61)(H,58,62). The second kappa shape index (κ2) is 20.6. The van der Waals surface area contributed by atoms with Gasteiger partial charge in [0.2, 0.25) is 17.7 Å². The van der Waals surface area contributed by atoms with Crippen LogP contribution < -0.4 is 35.6 Å². The number of rotatable bonds is 17. The maximum Gasteiger partial charge on any atom is 0.256 e. The Hall–Kier alpha value is -6.79. The lowest BCUT2D eigenvalue weighted by Crippen LogP contribution is -2.43. The molecule has 2 unspecified atom stereocenters. The van der Waals surface area contributed by atoms with Gasteiger partial charge in [-0.05, 0) is 96.5 Å². The van der Waals surface area contributed by atoms with Gasteiger partial charge in [-0.1, -0.05) is 48.0 Å². The van der Waals surface area contributed by atoms with E-state index < -0.39 is 0 Å². The summed E-state index contributed by atoms with van der Waals surface area (Å²) in [5.41, 5.74) is 9.55. The highest BCUT2D eigenvalue weighted by atomic mass is 35.5. The Morgan fingerprint density at radius 3 is 2.21 bits per heavy atom. The molecule has 66 heavy (non-hydrogen) atoms. The van der Waals surface area contributed by atoms with Crippen molar-refractivity contribution in [3.8, 4) is 39.8 Å². The van der Waals surface area contributed by atoms with Gasteiger partial charge >= 0.3 is 0 Å². The van der Waals surface area contributed by atoms with E-state index in [0.717, 1.165) is 62.9 Å². The number of nitrogens with one attached hydrogen (secondary N) is 4. The van der Waals surface area contributed by atoms with E-state index in [1.54, 1.807) is 24.2 Å². The van der Waals surface area contributed by atoms with E-state index in [0.29, 0.717) is 78.9 Å². The zero-order valence-electron chi connectivity index (χ0n) is 37.3. The Bertz CT molecular complexity index is 2720. The average molecular weight is 909 g/mol. The molecular weight excluding hydrogens is 856 g/mol. The predicted molar refractivity (Wildman–Crippen MR) is 252 cm³/mol. The van der Waals surface area contributed by atoms with Crippen molar-refractivity contribution >= 4 is 40.9 Å². The average Bonchev–Trinajstić information content (AvgIpc) is 3.92. The molecule has 0 radical (unpaired) electrons. The SMILES string of the molecule is Cc1c(OCc2cc(OCc3cncc(C#N)c3)c(CNCC3CCC(=O)N3)cc2Cl)cccc1-c1cccc(-c2ccc3c(c2)C(=O)N(C)CC(=O)N3CCNCC2CCC(=O)N2)c1C. The molecule has 2 saturated heterocycles. The van der Waals surface area contributed by atoms with Crippen LogP contribution in [0.25, 0.3) is 22.3 Å². The molecule has 0 saturated carbocycles. The van der Waals surface area contributed by atoms with Crippen molar-refractivity contribution in [3.63, 3.8) is 0 Å². The predicted octanol–water partition coefficient (Wildman–Crippen LogP) is 6.37. The molecule has 4 aromatic carbocycles. The van der Waals surface area contributed by atoms with Gasteiger partial charge in [-0.2, -0.15) is 5.26 Å². The van der Waals surface area contributed by atoms with Crippen molar-refractivity contribution < 1.29 is 28.7 Å². The van der Waals surface area contributed by atoms with E-state index in [1.165, 1.54) is 11.1 Å². The largest absolute Gasteiger partial charge is 0.489 e. The molecule has 14 nitrogen and oxygen atoms in total. The van der Waals surface area contributed by atoms with Crippen molar-refractivity contribution in [1.29, 1.82) is 5.26 Å². The van der Waals surface area contributed by atoms with Crippen LogP contribution in [0, 0.1) is 25.2 Å². The number of hydrogen-bond acceptors (Lipinski definition) is 10. The summed E-state index contributed by atoms with van der Waals surface area (Å²) in [6.07, 6.45) is 5.80. The number of benzene rings is 4. The number of amides is 4. The summed E-state index contributed by atoms with van der Waals surface area (Å²) in [6, 6.07) is 25.6. The summed E-state index contributed by atoms with van der Waals surface area (Å²) in [5, 5.41) is 22.7. The van der Waals surface area contributed by atoms with Crippen molar-refractivity contribution in [1.82, 2.24) is 31.2 Å². The fourth-order valence-corrected chi connectivity index (χ4v) is 9.07. The number of ether oxygens (including phenoxy) is 2. The molecule has 0 aliphatic carbocycles. The number of anilines is 1. The lowest BCUT2D eigenvalue weighted by Gasteiger charge is -2.23. The van der Waals surface area contributed by atoms with Crippen LogP contribution in [0.5, 0.6) is 11.5 Å². The second-order valence-corrected chi connectivity index (χ2v) is 17.5. The minimum Gasteiger partial charge on any atom is -0.489 e. The second-order valence-electron chi connectivity index (χ2n) is 17.1. The fourth-order valence-electron chi connectivity index (χ4n) is 8.83.